The van der Waals surface area contributed by atoms with E-state index in [0.717, 1.165) is 25.0 Å². The second-order valence-electron chi connectivity index (χ2n) is 5.32. The van der Waals surface area contributed by atoms with Crippen molar-refractivity contribution >= 4 is 0 Å². The Morgan fingerprint density at radius 1 is 1.29 bits per heavy atom. The molecule has 4 heteroatoms. The Bertz CT molecular complexity index is 331. The van der Waals surface area contributed by atoms with Gasteiger partial charge >= 0.3 is 0 Å². The van der Waals surface area contributed by atoms with Crippen molar-refractivity contribution in [3.8, 4) is 0 Å². The maximum atomic E-state index is 4.26. The maximum Gasteiger partial charge on any atom is 0.0536 e. The highest BCUT2D eigenvalue weighted by atomic mass is 15.3. The highest BCUT2D eigenvalue weighted by molar-refractivity contribution is 4.90. The van der Waals surface area contributed by atoms with Gasteiger partial charge in [0, 0.05) is 31.5 Å². The minimum Gasteiger partial charge on any atom is -0.312 e. The smallest absolute Gasteiger partial charge is 0.0536 e. The van der Waals surface area contributed by atoms with Crippen LogP contribution in [0.15, 0.2) is 18.5 Å². The molecule has 0 bridgehead atoms. The number of hydrogen-bond acceptors (Lipinski definition) is 3. The predicted molar refractivity (Wildman–Crippen MR) is 67.8 cm³/mol. The van der Waals surface area contributed by atoms with Gasteiger partial charge in [0.1, 0.15) is 0 Å². The van der Waals surface area contributed by atoms with Crippen molar-refractivity contribution in [2.75, 3.05) is 26.2 Å². The van der Waals surface area contributed by atoms with E-state index < -0.39 is 0 Å². The molecule has 1 aliphatic heterocycles. The molecule has 4 nitrogen and oxygen atoms in total. The largest absolute Gasteiger partial charge is 0.312 e. The van der Waals surface area contributed by atoms with E-state index in [4.69, 9.17) is 0 Å². The number of aromatic nitrogens is 2. The van der Waals surface area contributed by atoms with Crippen molar-refractivity contribution in [3.05, 3.63) is 18.5 Å². The Hall–Kier alpha value is -0.870. The molecule has 0 spiro atoms. The Labute approximate surface area is 103 Å². The van der Waals surface area contributed by atoms with E-state index in [9.17, 15) is 0 Å². The van der Waals surface area contributed by atoms with Gasteiger partial charge in [0.15, 0.2) is 0 Å². The number of hydrogen-bond donors (Lipinski definition) is 1. The third-order valence-corrected chi connectivity index (χ3v) is 3.91. The van der Waals surface area contributed by atoms with Crippen LogP contribution < -0.4 is 5.32 Å². The van der Waals surface area contributed by atoms with Crippen LogP contribution >= 0.6 is 0 Å². The first-order valence-corrected chi connectivity index (χ1v) is 6.85. The van der Waals surface area contributed by atoms with Crippen molar-refractivity contribution in [3.63, 3.8) is 0 Å². The summed E-state index contributed by atoms with van der Waals surface area (Å²) in [5.41, 5.74) is 0. The average Bonchev–Trinajstić information content (AvgIpc) is 3.09. The first-order chi connectivity index (χ1) is 8.42. The summed E-state index contributed by atoms with van der Waals surface area (Å²) >= 11 is 0. The molecule has 0 aromatic carbocycles. The molecule has 2 heterocycles. The van der Waals surface area contributed by atoms with E-state index in [0.29, 0.717) is 0 Å². The first kappa shape index (κ1) is 11.2. The maximum absolute atomic E-state index is 4.26. The molecular weight excluding hydrogens is 212 g/mol. The quantitative estimate of drug-likeness (QED) is 0.842. The van der Waals surface area contributed by atoms with Gasteiger partial charge in [0.25, 0.3) is 0 Å². The standard InChI is InChI=1S/C13H22N4/c1-5-14-13(12-3-4-12)11-16(7-1)9-10-17-8-2-6-15-17/h2,6,8,12-14H,1,3-5,7,9-11H2. The second-order valence-corrected chi connectivity index (χ2v) is 5.32. The summed E-state index contributed by atoms with van der Waals surface area (Å²) < 4.78 is 2.03. The number of nitrogens with one attached hydrogen (secondary N) is 1. The van der Waals surface area contributed by atoms with Crippen molar-refractivity contribution in [1.82, 2.24) is 20.0 Å². The molecule has 3 rings (SSSR count). The van der Waals surface area contributed by atoms with E-state index in [1.165, 1.54) is 38.9 Å². The van der Waals surface area contributed by atoms with Gasteiger partial charge in [-0.3, -0.25) is 9.58 Å². The summed E-state index contributed by atoms with van der Waals surface area (Å²) in [6.07, 6.45) is 8.06. The molecule has 1 aliphatic carbocycles. The van der Waals surface area contributed by atoms with Gasteiger partial charge < -0.3 is 5.32 Å². The number of rotatable bonds is 4. The van der Waals surface area contributed by atoms with Crippen LogP contribution in [0.1, 0.15) is 19.3 Å². The summed E-state index contributed by atoms with van der Waals surface area (Å²) in [5.74, 6) is 0.959. The van der Waals surface area contributed by atoms with Gasteiger partial charge in [0.2, 0.25) is 0 Å². The molecule has 1 saturated carbocycles. The molecule has 1 saturated heterocycles. The molecule has 0 amide bonds. The van der Waals surface area contributed by atoms with Crippen molar-refractivity contribution in [2.24, 2.45) is 5.92 Å². The van der Waals surface area contributed by atoms with Gasteiger partial charge in [0.05, 0.1) is 6.54 Å². The van der Waals surface area contributed by atoms with Crippen LogP contribution in [0.25, 0.3) is 0 Å². The summed E-state index contributed by atoms with van der Waals surface area (Å²) in [5, 5.41) is 7.97. The van der Waals surface area contributed by atoms with E-state index in [2.05, 4.69) is 21.5 Å². The van der Waals surface area contributed by atoms with E-state index in [-0.39, 0.29) is 0 Å². The lowest BCUT2D eigenvalue weighted by Gasteiger charge is -2.24. The third-order valence-electron chi connectivity index (χ3n) is 3.91. The SMILES string of the molecule is c1cnn(CCN2CCCNC(C3CC3)C2)c1. The Balaban J connectivity index is 1.50. The summed E-state index contributed by atoms with van der Waals surface area (Å²) in [6.45, 7) is 5.81. The summed E-state index contributed by atoms with van der Waals surface area (Å²) in [7, 11) is 0. The summed E-state index contributed by atoms with van der Waals surface area (Å²) in [4.78, 5) is 2.60. The van der Waals surface area contributed by atoms with Gasteiger partial charge in [-0.15, -0.1) is 0 Å². The highest BCUT2D eigenvalue weighted by Gasteiger charge is 2.32. The topological polar surface area (TPSA) is 33.1 Å². The summed E-state index contributed by atoms with van der Waals surface area (Å²) in [6, 6.07) is 2.74. The van der Waals surface area contributed by atoms with Crippen LogP contribution in [0.4, 0.5) is 0 Å². The zero-order valence-corrected chi connectivity index (χ0v) is 10.4. The molecule has 2 aliphatic rings. The second kappa shape index (κ2) is 5.19. The lowest BCUT2D eigenvalue weighted by Crippen LogP contribution is -2.40. The minimum atomic E-state index is 0.745. The molecule has 1 N–H and O–H groups in total. The molecule has 0 radical (unpaired) electrons. The predicted octanol–water partition coefficient (Wildman–Crippen LogP) is 0.957. The van der Waals surface area contributed by atoms with Crippen molar-refractivity contribution in [2.45, 2.75) is 31.8 Å². The first-order valence-electron chi connectivity index (χ1n) is 6.85. The fraction of sp³-hybridized carbons (Fsp3) is 0.769. The molecule has 2 fully saturated rings. The van der Waals surface area contributed by atoms with Gasteiger partial charge in [-0.2, -0.15) is 5.10 Å². The molecule has 1 aromatic heterocycles. The average molecular weight is 234 g/mol. The minimum absolute atomic E-state index is 0.745. The van der Waals surface area contributed by atoms with E-state index in [1.54, 1.807) is 0 Å². The van der Waals surface area contributed by atoms with Crippen LogP contribution in [0.2, 0.25) is 0 Å². The molecule has 1 atom stereocenters. The highest BCUT2D eigenvalue weighted by Crippen LogP contribution is 2.33. The van der Waals surface area contributed by atoms with Crippen LogP contribution in [-0.4, -0.2) is 46.9 Å². The Kier molecular flexibility index (Phi) is 3.43. The van der Waals surface area contributed by atoms with E-state index >= 15 is 0 Å². The van der Waals surface area contributed by atoms with Crippen LogP contribution in [0.3, 0.4) is 0 Å². The molecular formula is C13H22N4. The zero-order chi connectivity index (χ0) is 11.5. The fourth-order valence-corrected chi connectivity index (χ4v) is 2.72. The molecule has 1 unspecified atom stereocenters. The van der Waals surface area contributed by atoms with Gasteiger partial charge in [-0.25, -0.2) is 0 Å². The van der Waals surface area contributed by atoms with Crippen molar-refractivity contribution < 1.29 is 0 Å². The lowest BCUT2D eigenvalue weighted by molar-refractivity contribution is 0.245. The normalized spacial score (nSPS) is 26.9. The molecule has 1 aromatic rings. The van der Waals surface area contributed by atoms with Crippen LogP contribution in [0.5, 0.6) is 0 Å². The van der Waals surface area contributed by atoms with Gasteiger partial charge in [-0.1, -0.05) is 0 Å². The van der Waals surface area contributed by atoms with Crippen LogP contribution in [0, 0.1) is 5.92 Å². The van der Waals surface area contributed by atoms with Crippen LogP contribution in [-0.2, 0) is 6.54 Å². The number of nitrogens with zero attached hydrogens (tertiary/aromatic N) is 3. The molecule has 17 heavy (non-hydrogen) atoms. The molecule has 94 valence electrons. The van der Waals surface area contributed by atoms with Crippen molar-refractivity contribution in [1.29, 1.82) is 0 Å². The Morgan fingerprint density at radius 3 is 3.00 bits per heavy atom. The fourth-order valence-electron chi connectivity index (χ4n) is 2.72. The van der Waals surface area contributed by atoms with E-state index in [1.807, 2.05) is 16.9 Å². The van der Waals surface area contributed by atoms with Gasteiger partial charge in [-0.05, 0) is 44.3 Å². The zero-order valence-electron chi connectivity index (χ0n) is 10.4. The lowest BCUT2D eigenvalue weighted by atomic mass is 10.2. The third kappa shape index (κ3) is 3.07. The Morgan fingerprint density at radius 2 is 2.24 bits per heavy atom. The monoisotopic (exact) mass is 234 g/mol.